The van der Waals surface area contributed by atoms with E-state index >= 15 is 0 Å². The third kappa shape index (κ3) is 2.59. The highest BCUT2D eigenvalue weighted by atomic mass is 16.5. The van der Waals surface area contributed by atoms with Crippen molar-refractivity contribution < 1.29 is 9.53 Å². The molecule has 0 aliphatic carbocycles. The Morgan fingerprint density at radius 3 is 2.65 bits per heavy atom. The number of rotatable bonds is 4. The van der Waals surface area contributed by atoms with Gasteiger partial charge in [0.15, 0.2) is 0 Å². The third-order valence-corrected chi connectivity index (χ3v) is 3.19. The van der Waals surface area contributed by atoms with E-state index in [9.17, 15) is 4.79 Å². The molecule has 0 aliphatic rings. The first kappa shape index (κ1) is 14.3. The number of aromatic nitrogens is 2. The van der Waals surface area contributed by atoms with Crippen molar-refractivity contribution in [2.24, 2.45) is 0 Å². The van der Waals surface area contributed by atoms with Crippen molar-refractivity contribution in [3.8, 4) is 5.69 Å². The average molecular weight is 272 g/mol. The lowest BCUT2D eigenvalue weighted by atomic mass is 10.1. The fourth-order valence-corrected chi connectivity index (χ4v) is 2.27. The molecule has 0 saturated carbocycles. The predicted molar refractivity (Wildman–Crippen MR) is 78.3 cm³/mol. The van der Waals surface area contributed by atoms with Crippen LogP contribution in [0.2, 0.25) is 0 Å². The molecule has 0 unspecified atom stereocenters. The van der Waals surface area contributed by atoms with Gasteiger partial charge in [-0.25, -0.2) is 9.48 Å². The third-order valence-electron chi connectivity index (χ3n) is 3.19. The summed E-state index contributed by atoms with van der Waals surface area (Å²) >= 11 is 0. The molecule has 1 aromatic heterocycles. The summed E-state index contributed by atoms with van der Waals surface area (Å²) in [5, 5.41) is 4.39. The maximum atomic E-state index is 12.0. The number of hydrogen-bond donors (Lipinski definition) is 0. The lowest BCUT2D eigenvalue weighted by molar-refractivity contribution is 0.0524. The molecule has 0 atom stereocenters. The molecule has 0 N–H and O–H groups in total. The van der Waals surface area contributed by atoms with Crippen LogP contribution < -0.4 is 0 Å². The Bertz CT molecular complexity index is 615. The molecule has 1 heterocycles. The Morgan fingerprint density at radius 2 is 2.05 bits per heavy atom. The first-order valence-electron chi connectivity index (χ1n) is 6.87. The summed E-state index contributed by atoms with van der Waals surface area (Å²) in [4.78, 5) is 12.0. The average Bonchev–Trinajstić information content (AvgIpc) is 2.84. The molecule has 4 nitrogen and oxygen atoms in total. The number of carbonyl (C=O) groups excluding carboxylic acids is 1. The highest BCUT2D eigenvalue weighted by molar-refractivity contribution is 5.90. The molecule has 0 saturated heterocycles. The van der Waals surface area contributed by atoms with Gasteiger partial charge in [-0.15, -0.1) is 0 Å². The number of esters is 1. The summed E-state index contributed by atoms with van der Waals surface area (Å²) in [7, 11) is 0. The minimum atomic E-state index is -0.309. The van der Waals surface area contributed by atoms with E-state index in [1.165, 1.54) is 0 Å². The second-order valence-electron chi connectivity index (χ2n) is 5.02. The number of para-hydroxylation sites is 1. The van der Waals surface area contributed by atoms with Gasteiger partial charge in [0.2, 0.25) is 0 Å². The number of carbonyl (C=O) groups is 1. The van der Waals surface area contributed by atoms with Crippen LogP contribution in [0.25, 0.3) is 5.69 Å². The fraction of sp³-hybridized carbons (Fsp3) is 0.375. The van der Waals surface area contributed by atoms with Crippen LogP contribution in [0.5, 0.6) is 0 Å². The van der Waals surface area contributed by atoms with Crippen molar-refractivity contribution in [2.75, 3.05) is 6.61 Å². The van der Waals surface area contributed by atoms with E-state index < -0.39 is 0 Å². The quantitative estimate of drug-likeness (QED) is 0.800. The number of benzene rings is 1. The first-order valence-corrected chi connectivity index (χ1v) is 6.87. The Balaban J connectivity index is 2.56. The number of hydrogen-bond acceptors (Lipinski definition) is 3. The van der Waals surface area contributed by atoms with E-state index in [0.29, 0.717) is 12.2 Å². The number of ether oxygens (including phenoxy) is 1. The standard InChI is InChI=1S/C16H20N2O2/c1-5-20-16(19)13-10-17-18(15(13)11(2)3)14-9-7-6-8-12(14)4/h6-11H,5H2,1-4H3. The highest BCUT2D eigenvalue weighted by Crippen LogP contribution is 2.25. The van der Waals surface area contributed by atoms with Crippen LogP contribution in [0.4, 0.5) is 0 Å². The smallest absolute Gasteiger partial charge is 0.341 e. The van der Waals surface area contributed by atoms with Gasteiger partial charge in [-0.3, -0.25) is 0 Å². The van der Waals surface area contributed by atoms with E-state index in [1.807, 2.05) is 35.9 Å². The zero-order valence-electron chi connectivity index (χ0n) is 12.4. The van der Waals surface area contributed by atoms with Crippen LogP contribution in [0.15, 0.2) is 30.5 Å². The lowest BCUT2D eigenvalue weighted by Crippen LogP contribution is -2.11. The van der Waals surface area contributed by atoms with Crippen LogP contribution in [0.3, 0.4) is 0 Å². The van der Waals surface area contributed by atoms with Crippen LogP contribution in [-0.2, 0) is 4.74 Å². The largest absolute Gasteiger partial charge is 0.462 e. The van der Waals surface area contributed by atoms with Crippen molar-refractivity contribution in [3.63, 3.8) is 0 Å². The van der Waals surface area contributed by atoms with Crippen molar-refractivity contribution in [2.45, 2.75) is 33.6 Å². The van der Waals surface area contributed by atoms with Gasteiger partial charge in [0.1, 0.15) is 5.56 Å². The highest BCUT2D eigenvalue weighted by Gasteiger charge is 2.22. The van der Waals surface area contributed by atoms with Gasteiger partial charge in [0.25, 0.3) is 0 Å². The van der Waals surface area contributed by atoms with E-state index in [0.717, 1.165) is 16.9 Å². The monoisotopic (exact) mass is 272 g/mol. The van der Waals surface area contributed by atoms with Gasteiger partial charge in [0.05, 0.1) is 24.2 Å². The van der Waals surface area contributed by atoms with E-state index in [2.05, 4.69) is 18.9 Å². The molecule has 106 valence electrons. The summed E-state index contributed by atoms with van der Waals surface area (Å²) in [6, 6.07) is 8.00. The minimum absolute atomic E-state index is 0.177. The maximum Gasteiger partial charge on any atom is 0.341 e. The van der Waals surface area contributed by atoms with Crippen LogP contribution in [0.1, 0.15) is 48.3 Å². The molecular weight excluding hydrogens is 252 g/mol. The zero-order valence-corrected chi connectivity index (χ0v) is 12.4. The topological polar surface area (TPSA) is 44.1 Å². The first-order chi connectivity index (χ1) is 9.56. The second-order valence-corrected chi connectivity index (χ2v) is 5.02. The van der Waals surface area contributed by atoms with Gasteiger partial charge in [-0.05, 0) is 31.4 Å². The summed E-state index contributed by atoms with van der Waals surface area (Å²) in [5.41, 5.74) is 3.54. The minimum Gasteiger partial charge on any atom is -0.462 e. The number of nitrogens with zero attached hydrogens (tertiary/aromatic N) is 2. The van der Waals surface area contributed by atoms with E-state index in [4.69, 9.17) is 4.74 Å². The van der Waals surface area contributed by atoms with Crippen molar-refractivity contribution in [1.82, 2.24) is 9.78 Å². The molecule has 1 aromatic carbocycles. The SMILES string of the molecule is CCOC(=O)c1cnn(-c2ccccc2C)c1C(C)C. The van der Waals surface area contributed by atoms with Gasteiger partial charge < -0.3 is 4.74 Å². The second kappa shape index (κ2) is 5.90. The predicted octanol–water partition coefficient (Wildman–Crippen LogP) is 3.48. The van der Waals surface area contributed by atoms with Crippen molar-refractivity contribution >= 4 is 5.97 Å². The molecule has 0 spiro atoms. The zero-order chi connectivity index (χ0) is 14.7. The van der Waals surface area contributed by atoms with E-state index in [-0.39, 0.29) is 11.9 Å². The molecule has 2 aromatic rings. The van der Waals surface area contributed by atoms with Gasteiger partial charge in [-0.1, -0.05) is 32.0 Å². The van der Waals surface area contributed by atoms with Gasteiger partial charge in [0, 0.05) is 0 Å². The molecule has 0 fully saturated rings. The summed E-state index contributed by atoms with van der Waals surface area (Å²) in [6.07, 6.45) is 1.60. The maximum absolute atomic E-state index is 12.0. The molecular formula is C16H20N2O2. The Morgan fingerprint density at radius 1 is 1.35 bits per heavy atom. The molecule has 0 aliphatic heterocycles. The summed E-state index contributed by atoms with van der Waals surface area (Å²) in [5.74, 6) is -0.132. The van der Waals surface area contributed by atoms with Crippen LogP contribution in [-0.4, -0.2) is 22.4 Å². The number of aryl methyl sites for hydroxylation is 1. The molecule has 2 rings (SSSR count). The van der Waals surface area contributed by atoms with E-state index in [1.54, 1.807) is 13.1 Å². The van der Waals surface area contributed by atoms with Crippen molar-refractivity contribution in [1.29, 1.82) is 0 Å². The summed E-state index contributed by atoms with van der Waals surface area (Å²) in [6.45, 7) is 8.30. The van der Waals surface area contributed by atoms with Gasteiger partial charge >= 0.3 is 5.97 Å². The fourth-order valence-electron chi connectivity index (χ4n) is 2.27. The molecule has 0 bridgehead atoms. The van der Waals surface area contributed by atoms with Crippen molar-refractivity contribution in [3.05, 3.63) is 47.3 Å². The molecule has 0 amide bonds. The molecule has 4 heteroatoms. The van der Waals surface area contributed by atoms with Crippen LogP contribution in [0, 0.1) is 6.92 Å². The van der Waals surface area contributed by atoms with Crippen LogP contribution >= 0.6 is 0 Å². The molecule has 20 heavy (non-hydrogen) atoms. The normalized spacial score (nSPS) is 10.8. The lowest BCUT2D eigenvalue weighted by Gasteiger charge is -2.14. The summed E-state index contributed by atoms with van der Waals surface area (Å²) < 4.78 is 6.95. The van der Waals surface area contributed by atoms with Gasteiger partial charge in [-0.2, -0.15) is 5.10 Å². The Kier molecular flexibility index (Phi) is 4.23. The molecule has 0 radical (unpaired) electrons. The Labute approximate surface area is 119 Å². The Hall–Kier alpha value is -2.10.